The largest absolute Gasteiger partial charge is 0.381 e. The van der Waals surface area contributed by atoms with Gasteiger partial charge in [-0.3, -0.25) is 11.3 Å². The zero-order valence-electron chi connectivity index (χ0n) is 9.30. The van der Waals surface area contributed by atoms with E-state index in [1.807, 2.05) is 12.4 Å². The molecule has 1 saturated heterocycles. The molecule has 2 heterocycles. The van der Waals surface area contributed by atoms with Crippen molar-refractivity contribution < 1.29 is 4.74 Å². The van der Waals surface area contributed by atoms with E-state index in [4.69, 9.17) is 10.6 Å². The molecule has 1 aromatic heterocycles. The van der Waals surface area contributed by atoms with Crippen LogP contribution in [0.25, 0.3) is 0 Å². The van der Waals surface area contributed by atoms with Crippen LogP contribution in [-0.2, 0) is 4.74 Å². The summed E-state index contributed by atoms with van der Waals surface area (Å²) in [6.45, 7) is 1.74. The summed E-state index contributed by atoms with van der Waals surface area (Å²) in [5.41, 5.74) is 3.90. The Hall–Kier alpha value is -1.04. The predicted molar refractivity (Wildman–Crippen MR) is 60.3 cm³/mol. The summed E-state index contributed by atoms with van der Waals surface area (Å²) < 4.78 is 5.34. The Morgan fingerprint density at radius 3 is 2.69 bits per heavy atom. The van der Waals surface area contributed by atoms with E-state index < -0.39 is 0 Å². The lowest BCUT2D eigenvalue weighted by Crippen LogP contribution is -2.31. The average Bonchev–Trinajstić information content (AvgIpc) is 2.38. The predicted octanol–water partition coefficient (Wildman–Crippen LogP) is 0.798. The van der Waals surface area contributed by atoms with Gasteiger partial charge in [0.1, 0.15) is 6.33 Å². The third kappa shape index (κ3) is 2.98. The summed E-state index contributed by atoms with van der Waals surface area (Å²) in [6.07, 6.45) is 8.42. The second kappa shape index (κ2) is 5.89. The van der Waals surface area contributed by atoms with Crippen LogP contribution in [0.1, 0.15) is 30.9 Å². The Kier molecular flexibility index (Phi) is 4.21. The standard InChI is InChI=1S/C11H18N4O/c12-15-11(10-6-13-8-14-7-10)5-9-1-3-16-4-2-9/h6-9,11,15H,1-5,12H2. The van der Waals surface area contributed by atoms with Crippen LogP contribution < -0.4 is 11.3 Å². The van der Waals surface area contributed by atoms with Gasteiger partial charge in [-0.2, -0.15) is 0 Å². The SMILES string of the molecule is NNC(CC1CCOCC1)c1cncnc1. The van der Waals surface area contributed by atoms with E-state index in [9.17, 15) is 0 Å². The second-order valence-electron chi connectivity index (χ2n) is 4.18. The van der Waals surface area contributed by atoms with Gasteiger partial charge in [-0.25, -0.2) is 9.97 Å². The number of hydrogen-bond donors (Lipinski definition) is 2. The average molecular weight is 222 g/mol. The molecule has 1 fully saturated rings. The minimum Gasteiger partial charge on any atom is -0.381 e. The highest BCUT2D eigenvalue weighted by atomic mass is 16.5. The zero-order chi connectivity index (χ0) is 11.2. The van der Waals surface area contributed by atoms with E-state index in [0.717, 1.165) is 38.0 Å². The molecule has 1 atom stereocenters. The first-order chi connectivity index (χ1) is 7.90. The van der Waals surface area contributed by atoms with Gasteiger partial charge in [-0.1, -0.05) is 0 Å². The van der Waals surface area contributed by atoms with Gasteiger partial charge in [-0.05, 0) is 25.2 Å². The van der Waals surface area contributed by atoms with Gasteiger partial charge in [0.05, 0.1) is 0 Å². The fourth-order valence-corrected chi connectivity index (χ4v) is 2.11. The number of ether oxygens (including phenoxy) is 1. The highest BCUT2D eigenvalue weighted by molar-refractivity contribution is 5.08. The molecule has 5 nitrogen and oxygen atoms in total. The van der Waals surface area contributed by atoms with Gasteiger partial charge >= 0.3 is 0 Å². The van der Waals surface area contributed by atoms with E-state index in [2.05, 4.69) is 15.4 Å². The van der Waals surface area contributed by atoms with Gasteiger partial charge in [0.25, 0.3) is 0 Å². The molecule has 5 heteroatoms. The Morgan fingerprint density at radius 1 is 1.38 bits per heavy atom. The number of nitrogens with two attached hydrogens (primary N) is 1. The summed E-state index contributed by atoms with van der Waals surface area (Å²) in [6, 6.07) is 0.143. The van der Waals surface area contributed by atoms with Crippen molar-refractivity contribution in [2.75, 3.05) is 13.2 Å². The molecule has 0 aliphatic carbocycles. The molecule has 1 aliphatic heterocycles. The lowest BCUT2D eigenvalue weighted by molar-refractivity contribution is 0.0605. The Bertz CT molecular complexity index is 300. The van der Waals surface area contributed by atoms with Crippen LogP contribution in [0, 0.1) is 5.92 Å². The molecule has 16 heavy (non-hydrogen) atoms. The molecule has 0 spiro atoms. The first-order valence-electron chi connectivity index (χ1n) is 5.69. The van der Waals surface area contributed by atoms with E-state index in [1.165, 1.54) is 6.33 Å². The molecule has 0 bridgehead atoms. The van der Waals surface area contributed by atoms with Crippen molar-refractivity contribution in [3.8, 4) is 0 Å². The van der Waals surface area contributed by atoms with Crippen LogP contribution >= 0.6 is 0 Å². The fourth-order valence-electron chi connectivity index (χ4n) is 2.11. The minimum atomic E-state index is 0.143. The van der Waals surface area contributed by atoms with Crippen molar-refractivity contribution in [1.29, 1.82) is 0 Å². The Balaban J connectivity index is 1.94. The fraction of sp³-hybridized carbons (Fsp3) is 0.636. The molecule has 1 unspecified atom stereocenters. The van der Waals surface area contributed by atoms with Crippen molar-refractivity contribution >= 4 is 0 Å². The van der Waals surface area contributed by atoms with Crippen LogP contribution in [0.5, 0.6) is 0 Å². The molecule has 3 N–H and O–H groups in total. The van der Waals surface area contributed by atoms with Gasteiger partial charge in [0.15, 0.2) is 0 Å². The van der Waals surface area contributed by atoms with Crippen molar-refractivity contribution in [2.24, 2.45) is 11.8 Å². The molecule has 0 saturated carbocycles. The molecule has 0 radical (unpaired) electrons. The van der Waals surface area contributed by atoms with Gasteiger partial charge in [0.2, 0.25) is 0 Å². The maximum absolute atomic E-state index is 5.59. The number of hydrogen-bond acceptors (Lipinski definition) is 5. The smallest absolute Gasteiger partial charge is 0.115 e. The second-order valence-corrected chi connectivity index (χ2v) is 4.18. The zero-order valence-corrected chi connectivity index (χ0v) is 9.30. The lowest BCUT2D eigenvalue weighted by atomic mass is 9.90. The summed E-state index contributed by atoms with van der Waals surface area (Å²) >= 11 is 0. The normalized spacial score (nSPS) is 19.6. The van der Waals surface area contributed by atoms with Gasteiger partial charge in [0, 0.05) is 37.2 Å². The van der Waals surface area contributed by atoms with Crippen LogP contribution in [0.15, 0.2) is 18.7 Å². The van der Waals surface area contributed by atoms with Crippen LogP contribution in [-0.4, -0.2) is 23.2 Å². The van der Waals surface area contributed by atoms with Gasteiger partial charge in [-0.15, -0.1) is 0 Å². The van der Waals surface area contributed by atoms with Crippen molar-refractivity contribution in [2.45, 2.75) is 25.3 Å². The first kappa shape index (κ1) is 11.4. The van der Waals surface area contributed by atoms with Gasteiger partial charge < -0.3 is 4.74 Å². The van der Waals surface area contributed by atoms with Crippen LogP contribution in [0.3, 0.4) is 0 Å². The van der Waals surface area contributed by atoms with Crippen molar-refractivity contribution in [3.63, 3.8) is 0 Å². The number of nitrogens with one attached hydrogen (secondary N) is 1. The lowest BCUT2D eigenvalue weighted by Gasteiger charge is -2.26. The van der Waals surface area contributed by atoms with E-state index in [-0.39, 0.29) is 6.04 Å². The molecule has 2 rings (SSSR count). The number of hydrazine groups is 1. The Labute approximate surface area is 95.4 Å². The maximum Gasteiger partial charge on any atom is 0.115 e. The summed E-state index contributed by atoms with van der Waals surface area (Å²) in [4.78, 5) is 8.03. The number of nitrogens with zero attached hydrogens (tertiary/aromatic N) is 2. The quantitative estimate of drug-likeness (QED) is 0.582. The summed E-state index contributed by atoms with van der Waals surface area (Å²) in [5.74, 6) is 6.26. The molecule has 0 amide bonds. The maximum atomic E-state index is 5.59. The third-order valence-corrected chi connectivity index (χ3v) is 3.09. The summed E-state index contributed by atoms with van der Waals surface area (Å²) in [5, 5.41) is 0. The van der Waals surface area contributed by atoms with Crippen LogP contribution in [0.4, 0.5) is 0 Å². The van der Waals surface area contributed by atoms with Crippen molar-refractivity contribution in [3.05, 3.63) is 24.3 Å². The third-order valence-electron chi connectivity index (χ3n) is 3.09. The summed E-state index contributed by atoms with van der Waals surface area (Å²) in [7, 11) is 0. The molecule has 1 aromatic rings. The first-order valence-corrected chi connectivity index (χ1v) is 5.69. The van der Waals surface area contributed by atoms with E-state index in [1.54, 1.807) is 0 Å². The molecule has 1 aliphatic rings. The monoisotopic (exact) mass is 222 g/mol. The molecular formula is C11H18N4O. The molecule has 88 valence electrons. The number of aromatic nitrogens is 2. The van der Waals surface area contributed by atoms with Crippen molar-refractivity contribution in [1.82, 2.24) is 15.4 Å². The Morgan fingerprint density at radius 2 is 2.06 bits per heavy atom. The highest BCUT2D eigenvalue weighted by Gasteiger charge is 2.19. The molecule has 0 aromatic carbocycles. The minimum absolute atomic E-state index is 0.143. The van der Waals surface area contributed by atoms with E-state index >= 15 is 0 Å². The highest BCUT2D eigenvalue weighted by Crippen LogP contribution is 2.26. The molecular weight excluding hydrogens is 204 g/mol. The number of rotatable bonds is 4. The van der Waals surface area contributed by atoms with E-state index in [0.29, 0.717) is 5.92 Å². The topological polar surface area (TPSA) is 73.1 Å². The van der Waals surface area contributed by atoms with Crippen LogP contribution in [0.2, 0.25) is 0 Å².